The molecule has 1 rings (SSSR count). The molecule has 0 amide bonds. The fraction of sp³-hybridized carbons (Fsp3) is 1.00. The lowest BCUT2D eigenvalue weighted by molar-refractivity contribution is 0.0438. The van der Waals surface area contributed by atoms with Gasteiger partial charge in [0.2, 0.25) is 0 Å². The van der Waals surface area contributed by atoms with Crippen LogP contribution in [-0.2, 0) is 0 Å². The van der Waals surface area contributed by atoms with Gasteiger partial charge in [-0.15, -0.1) is 0 Å². The molecule has 0 bridgehead atoms. The molecular weight excluding hydrogens is 158 g/mol. The fourth-order valence-corrected chi connectivity index (χ4v) is 2.89. The molecule has 1 fully saturated rings. The van der Waals surface area contributed by atoms with Crippen LogP contribution in [-0.4, -0.2) is 13.1 Å². The third kappa shape index (κ3) is 2.25. The lowest BCUT2D eigenvalue weighted by Gasteiger charge is -2.48. The molecule has 78 valence electrons. The smallest absolute Gasteiger partial charge is 0.00103 e. The van der Waals surface area contributed by atoms with E-state index < -0.39 is 0 Å². The van der Waals surface area contributed by atoms with Gasteiger partial charge < -0.3 is 5.32 Å². The fourth-order valence-electron chi connectivity index (χ4n) is 2.89. The third-order valence-electron chi connectivity index (χ3n) is 3.93. The maximum atomic E-state index is 3.54. The quantitative estimate of drug-likeness (QED) is 0.667. The van der Waals surface area contributed by atoms with Crippen LogP contribution in [0.4, 0.5) is 0 Å². The van der Waals surface area contributed by atoms with Crippen LogP contribution in [0.25, 0.3) is 0 Å². The Balaban J connectivity index is 2.46. The second-order valence-corrected chi connectivity index (χ2v) is 4.51. The van der Waals surface area contributed by atoms with Crippen molar-refractivity contribution in [3.05, 3.63) is 0 Å². The highest BCUT2D eigenvalue weighted by Crippen LogP contribution is 2.49. The third-order valence-corrected chi connectivity index (χ3v) is 3.93. The lowest BCUT2D eigenvalue weighted by atomic mass is 9.59. The average Bonchev–Trinajstić information content (AvgIpc) is 2.09. The van der Waals surface area contributed by atoms with Gasteiger partial charge in [0.05, 0.1) is 0 Å². The molecule has 0 atom stereocenters. The highest BCUT2D eigenvalue weighted by atomic mass is 14.9. The van der Waals surface area contributed by atoms with Gasteiger partial charge in [-0.1, -0.05) is 40.0 Å². The first kappa shape index (κ1) is 11.0. The molecule has 1 heteroatoms. The Labute approximate surface area is 83.3 Å². The Morgan fingerprint density at radius 2 is 1.77 bits per heavy atom. The minimum absolute atomic E-state index is 0.680. The average molecular weight is 183 g/mol. The predicted octanol–water partition coefficient (Wildman–Crippen LogP) is 3.20. The molecule has 0 saturated heterocycles. The largest absolute Gasteiger partial charge is 0.316 e. The summed E-state index contributed by atoms with van der Waals surface area (Å²) in [4.78, 5) is 0. The molecule has 0 radical (unpaired) electrons. The van der Waals surface area contributed by atoms with Crippen LogP contribution in [0.1, 0.15) is 52.9 Å². The van der Waals surface area contributed by atoms with E-state index in [4.69, 9.17) is 0 Å². The molecule has 1 N–H and O–H groups in total. The van der Waals surface area contributed by atoms with Crippen molar-refractivity contribution in [1.29, 1.82) is 0 Å². The van der Waals surface area contributed by atoms with E-state index in [1.54, 1.807) is 0 Å². The minimum Gasteiger partial charge on any atom is -0.316 e. The summed E-state index contributed by atoms with van der Waals surface area (Å²) >= 11 is 0. The SMILES string of the molecule is CCNCC1(C(CC)CC)CCC1. The van der Waals surface area contributed by atoms with Crippen molar-refractivity contribution >= 4 is 0 Å². The van der Waals surface area contributed by atoms with Gasteiger partial charge in [-0.25, -0.2) is 0 Å². The van der Waals surface area contributed by atoms with Gasteiger partial charge in [0, 0.05) is 6.54 Å². The summed E-state index contributed by atoms with van der Waals surface area (Å²) in [6.45, 7) is 9.29. The molecule has 0 aliphatic heterocycles. The summed E-state index contributed by atoms with van der Waals surface area (Å²) in [5.74, 6) is 0.959. The Hall–Kier alpha value is -0.0400. The molecule has 1 saturated carbocycles. The summed E-state index contributed by atoms with van der Waals surface area (Å²) in [5.41, 5.74) is 0.680. The van der Waals surface area contributed by atoms with E-state index in [0.717, 1.165) is 12.5 Å². The maximum absolute atomic E-state index is 3.54. The maximum Gasteiger partial charge on any atom is 0.00103 e. The van der Waals surface area contributed by atoms with E-state index in [1.807, 2.05) is 0 Å². The Bertz CT molecular complexity index is 134. The molecule has 0 aromatic carbocycles. The highest BCUT2D eigenvalue weighted by Gasteiger charge is 2.41. The standard InChI is InChI=1S/C12H25N/c1-4-11(5-2)12(8-7-9-12)10-13-6-3/h11,13H,4-10H2,1-3H3. The molecular formula is C12H25N. The van der Waals surface area contributed by atoms with Gasteiger partial charge in [0.15, 0.2) is 0 Å². The first-order valence-corrected chi connectivity index (χ1v) is 5.99. The number of nitrogens with one attached hydrogen (secondary N) is 1. The zero-order valence-electron chi connectivity index (χ0n) is 9.53. The molecule has 0 heterocycles. The summed E-state index contributed by atoms with van der Waals surface area (Å²) in [6, 6.07) is 0. The van der Waals surface area contributed by atoms with Gasteiger partial charge in [0.1, 0.15) is 0 Å². The molecule has 0 spiro atoms. The second-order valence-electron chi connectivity index (χ2n) is 4.51. The molecule has 0 aromatic heterocycles. The van der Waals surface area contributed by atoms with Crippen molar-refractivity contribution in [3.63, 3.8) is 0 Å². The van der Waals surface area contributed by atoms with Crippen molar-refractivity contribution < 1.29 is 0 Å². The van der Waals surface area contributed by atoms with Gasteiger partial charge in [0.25, 0.3) is 0 Å². The van der Waals surface area contributed by atoms with Crippen molar-refractivity contribution in [2.24, 2.45) is 11.3 Å². The zero-order valence-corrected chi connectivity index (χ0v) is 9.53. The minimum atomic E-state index is 0.680. The first-order valence-electron chi connectivity index (χ1n) is 5.99. The number of rotatable bonds is 6. The molecule has 1 nitrogen and oxygen atoms in total. The van der Waals surface area contributed by atoms with Gasteiger partial charge >= 0.3 is 0 Å². The van der Waals surface area contributed by atoms with Crippen LogP contribution in [0.15, 0.2) is 0 Å². The van der Waals surface area contributed by atoms with Crippen LogP contribution in [0.5, 0.6) is 0 Å². The Kier molecular flexibility index (Phi) is 4.24. The highest BCUT2D eigenvalue weighted by molar-refractivity contribution is 4.93. The van der Waals surface area contributed by atoms with Crippen LogP contribution in [0.2, 0.25) is 0 Å². The Morgan fingerprint density at radius 1 is 1.15 bits per heavy atom. The molecule has 1 aliphatic rings. The molecule has 13 heavy (non-hydrogen) atoms. The van der Waals surface area contributed by atoms with E-state index in [0.29, 0.717) is 5.41 Å². The van der Waals surface area contributed by atoms with E-state index in [9.17, 15) is 0 Å². The zero-order chi connectivity index (χ0) is 9.73. The second kappa shape index (κ2) is 4.99. The van der Waals surface area contributed by atoms with Crippen LogP contribution >= 0.6 is 0 Å². The van der Waals surface area contributed by atoms with E-state index >= 15 is 0 Å². The molecule has 0 unspecified atom stereocenters. The van der Waals surface area contributed by atoms with Crippen LogP contribution < -0.4 is 5.32 Å². The van der Waals surface area contributed by atoms with Crippen molar-refractivity contribution in [2.45, 2.75) is 52.9 Å². The summed E-state index contributed by atoms with van der Waals surface area (Å²) in [6.07, 6.45) is 7.12. The Morgan fingerprint density at radius 3 is 2.08 bits per heavy atom. The summed E-state index contributed by atoms with van der Waals surface area (Å²) in [5, 5.41) is 3.54. The predicted molar refractivity (Wildman–Crippen MR) is 58.9 cm³/mol. The van der Waals surface area contributed by atoms with Gasteiger partial charge in [-0.05, 0) is 30.7 Å². The van der Waals surface area contributed by atoms with Crippen molar-refractivity contribution in [1.82, 2.24) is 5.32 Å². The van der Waals surface area contributed by atoms with Crippen LogP contribution in [0.3, 0.4) is 0 Å². The molecule has 1 aliphatic carbocycles. The number of hydrogen-bond donors (Lipinski definition) is 1. The van der Waals surface area contributed by atoms with Gasteiger partial charge in [-0.3, -0.25) is 0 Å². The first-order chi connectivity index (χ1) is 6.29. The van der Waals surface area contributed by atoms with Crippen molar-refractivity contribution in [2.75, 3.05) is 13.1 Å². The lowest BCUT2D eigenvalue weighted by Crippen LogP contribution is -2.45. The summed E-state index contributed by atoms with van der Waals surface area (Å²) in [7, 11) is 0. The number of hydrogen-bond acceptors (Lipinski definition) is 1. The normalized spacial score (nSPS) is 20.3. The summed E-state index contributed by atoms with van der Waals surface area (Å²) < 4.78 is 0. The van der Waals surface area contributed by atoms with Crippen LogP contribution in [0, 0.1) is 11.3 Å². The van der Waals surface area contributed by atoms with Crippen molar-refractivity contribution in [3.8, 4) is 0 Å². The van der Waals surface area contributed by atoms with E-state index in [-0.39, 0.29) is 0 Å². The van der Waals surface area contributed by atoms with Gasteiger partial charge in [-0.2, -0.15) is 0 Å². The topological polar surface area (TPSA) is 12.0 Å². The monoisotopic (exact) mass is 183 g/mol. The van der Waals surface area contributed by atoms with E-state index in [1.165, 1.54) is 38.6 Å². The van der Waals surface area contributed by atoms with E-state index in [2.05, 4.69) is 26.1 Å². The molecule has 0 aromatic rings.